The van der Waals surface area contributed by atoms with Gasteiger partial charge in [0, 0.05) is 35.6 Å². The van der Waals surface area contributed by atoms with Crippen molar-refractivity contribution in [2.75, 3.05) is 18.8 Å². The van der Waals surface area contributed by atoms with E-state index in [0.29, 0.717) is 20.7 Å². The first kappa shape index (κ1) is 22.7. The molecule has 4 heteroatoms. The summed E-state index contributed by atoms with van der Waals surface area (Å²) in [5.41, 5.74) is 3.93. The summed E-state index contributed by atoms with van der Waals surface area (Å²) in [6.07, 6.45) is 0. The highest BCUT2D eigenvalue weighted by Crippen LogP contribution is 2.46. The molecule has 0 aliphatic heterocycles. The lowest BCUT2D eigenvalue weighted by Crippen LogP contribution is -2.40. The van der Waals surface area contributed by atoms with Crippen LogP contribution in [0.2, 0.25) is 0 Å². The Balaban J connectivity index is 2.48. The number of para-hydroxylation sites is 1. The van der Waals surface area contributed by atoms with Crippen LogP contribution in [0, 0.1) is 6.92 Å². The van der Waals surface area contributed by atoms with Crippen molar-refractivity contribution in [2.45, 2.75) is 65.7 Å². The molecule has 0 aliphatic rings. The number of nitrogens with zero attached hydrogens (tertiary/aromatic N) is 1. The second-order valence-corrected chi connectivity index (χ2v) is 10.4. The van der Waals surface area contributed by atoms with Gasteiger partial charge in [-0.1, -0.05) is 52.8 Å². The van der Waals surface area contributed by atoms with Crippen LogP contribution in [0.25, 0.3) is 0 Å². The monoisotopic (exact) mass is 401 g/mol. The van der Waals surface area contributed by atoms with Crippen LogP contribution in [0.1, 0.15) is 52.7 Å². The zero-order chi connectivity index (χ0) is 20.9. The van der Waals surface area contributed by atoms with Gasteiger partial charge in [-0.3, -0.25) is 0 Å². The van der Waals surface area contributed by atoms with E-state index >= 15 is 0 Å². The summed E-state index contributed by atoms with van der Waals surface area (Å²) in [7, 11) is 2.28. The van der Waals surface area contributed by atoms with Crippen molar-refractivity contribution in [2.24, 2.45) is 0 Å². The molecule has 2 aromatic carbocycles. The molecular weight excluding hydrogens is 365 g/mol. The number of aryl methyl sites for hydroxylation is 1. The molecule has 0 fully saturated rings. The van der Waals surface area contributed by atoms with Crippen molar-refractivity contribution >= 4 is 19.6 Å². The molecule has 0 spiro atoms. The maximum absolute atomic E-state index is 5.87. The molecule has 1 unspecified atom stereocenters. The standard InChI is InChI=1S/C24H36NO2P/c1-17(2)25(18(3)4)21-14-11-12-19(5)23(21)28-24(6,7)20-13-9-10-15-22(20)27-16-26-8/h9-15,17-18,28H,16H2,1-8H3. The van der Waals surface area contributed by atoms with Gasteiger partial charge in [-0.2, -0.15) is 0 Å². The molecule has 154 valence electrons. The zero-order valence-electron chi connectivity index (χ0n) is 18.7. The summed E-state index contributed by atoms with van der Waals surface area (Å²) in [5.74, 6) is 0.904. The third-order valence-corrected chi connectivity index (χ3v) is 6.77. The number of rotatable bonds is 9. The van der Waals surface area contributed by atoms with Crippen LogP contribution in [0.15, 0.2) is 42.5 Å². The Morgan fingerprint density at radius 2 is 1.61 bits per heavy atom. The molecule has 3 nitrogen and oxygen atoms in total. The van der Waals surface area contributed by atoms with E-state index in [4.69, 9.17) is 9.47 Å². The molecule has 1 atom stereocenters. The van der Waals surface area contributed by atoms with E-state index in [-0.39, 0.29) is 11.9 Å². The van der Waals surface area contributed by atoms with Gasteiger partial charge >= 0.3 is 0 Å². The van der Waals surface area contributed by atoms with Crippen molar-refractivity contribution in [3.8, 4) is 5.75 Å². The van der Waals surface area contributed by atoms with Crippen LogP contribution in [0.5, 0.6) is 5.75 Å². The van der Waals surface area contributed by atoms with E-state index in [1.807, 2.05) is 12.1 Å². The van der Waals surface area contributed by atoms with Crippen LogP contribution >= 0.6 is 8.58 Å². The Hall–Kier alpha value is -1.57. The molecule has 0 saturated heterocycles. The normalized spacial score (nSPS) is 12.4. The number of benzene rings is 2. The van der Waals surface area contributed by atoms with Gasteiger partial charge in [-0.25, -0.2) is 0 Å². The first-order valence-corrected chi connectivity index (χ1v) is 11.1. The van der Waals surface area contributed by atoms with E-state index in [1.165, 1.54) is 22.1 Å². The average Bonchev–Trinajstić information content (AvgIpc) is 2.62. The summed E-state index contributed by atoms with van der Waals surface area (Å²) in [6, 6.07) is 15.9. The Morgan fingerprint density at radius 1 is 0.964 bits per heavy atom. The van der Waals surface area contributed by atoms with E-state index in [9.17, 15) is 0 Å². The van der Waals surface area contributed by atoms with Crippen LogP contribution in [-0.4, -0.2) is 26.0 Å². The van der Waals surface area contributed by atoms with Crippen LogP contribution in [-0.2, 0) is 9.89 Å². The van der Waals surface area contributed by atoms with Crippen molar-refractivity contribution in [1.29, 1.82) is 0 Å². The Labute approximate surface area is 173 Å². The van der Waals surface area contributed by atoms with Crippen LogP contribution in [0.3, 0.4) is 0 Å². The smallest absolute Gasteiger partial charge is 0.188 e. The number of ether oxygens (including phenoxy) is 2. The van der Waals surface area contributed by atoms with Gasteiger partial charge in [-0.15, -0.1) is 0 Å². The molecule has 0 amide bonds. The van der Waals surface area contributed by atoms with Crippen molar-refractivity contribution in [3.63, 3.8) is 0 Å². The minimum atomic E-state index is -0.0508. The fourth-order valence-corrected chi connectivity index (χ4v) is 5.38. The Bertz CT molecular complexity index is 763. The van der Waals surface area contributed by atoms with E-state index < -0.39 is 0 Å². The first-order valence-electron chi connectivity index (χ1n) is 10.1. The van der Waals surface area contributed by atoms with Gasteiger partial charge < -0.3 is 14.4 Å². The number of anilines is 1. The predicted octanol–water partition coefficient (Wildman–Crippen LogP) is 5.84. The van der Waals surface area contributed by atoms with E-state index in [0.717, 1.165) is 5.75 Å². The minimum Gasteiger partial charge on any atom is -0.467 e. The topological polar surface area (TPSA) is 21.7 Å². The average molecular weight is 402 g/mol. The third-order valence-electron chi connectivity index (χ3n) is 4.97. The lowest BCUT2D eigenvalue weighted by Gasteiger charge is -2.37. The Morgan fingerprint density at radius 3 is 2.21 bits per heavy atom. The molecule has 0 aliphatic carbocycles. The zero-order valence-corrected chi connectivity index (χ0v) is 19.7. The van der Waals surface area contributed by atoms with E-state index in [2.05, 4.69) is 83.7 Å². The minimum absolute atomic E-state index is 0.0508. The summed E-state index contributed by atoms with van der Waals surface area (Å²) >= 11 is 0. The molecule has 0 heterocycles. The largest absolute Gasteiger partial charge is 0.467 e. The second kappa shape index (κ2) is 9.76. The molecule has 28 heavy (non-hydrogen) atoms. The highest BCUT2D eigenvalue weighted by atomic mass is 31.1. The van der Waals surface area contributed by atoms with Crippen molar-refractivity contribution in [1.82, 2.24) is 0 Å². The van der Waals surface area contributed by atoms with Gasteiger partial charge in [0.2, 0.25) is 0 Å². The molecule has 0 radical (unpaired) electrons. The summed E-state index contributed by atoms with van der Waals surface area (Å²) in [5, 5.41) is 1.39. The quantitative estimate of drug-likeness (QED) is 0.389. The SMILES string of the molecule is COCOc1ccccc1C(C)(C)Pc1c(C)cccc1N(C(C)C)C(C)C. The van der Waals surface area contributed by atoms with Gasteiger partial charge in [0.05, 0.1) is 0 Å². The maximum atomic E-state index is 5.87. The molecule has 0 aromatic heterocycles. The highest BCUT2D eigenvalue weighted by molar-refractivity contribution is 7.49. The van der Waals surface area contributed by atoms with E-state index in [1.54, 1.807) is 7.11 Å². The predicted molar refractivity (Wildman–Crippen MR) is 124 cm³/mol. The van der Waals surface area contributed by atoms with Gasteiger partial charge in [0.1, 0.15) is 5.75 Å². The molecule has 0 saturated carbocycles. The second-order valence-electron chi connectivity index (χ2n) is 8.36. The molecular formula is C24H36NO2P. The van der Waals surface area contributed by atoms with Crippen molar-refractivity contribution in [3.05, 3.63) is 53.6 Å². The molecule has 0 bridgehead atoms. The molecule has 2 rings (SSSR count). The number of methoxy groups -OCH3 is 1. The number of hydrogen-bond donors (Lipinski definition) is 0. The Kier molecular flexibility index (Phi) is 7.92. The van der Waals surface area contributed by atoms with Gasteiger partial charge in [0.25, 0.3) is 0 Å². The fourth-order valence-electron chi connectivity index (χ4n) is 3.79. The summed E-state index contributed by atoms with van der Waals surface area (Å²) in [4.78, 5) is 2.53. The van der Waals surface area contributed by atoms with Gasteiger partial charge in [-0.05, 0) is 57.6 Å². The molecule has 0 N–H and O–H groups in total. The van der Waals surface area contributed by atoms with Gasteiger partial charge in [0.15, 0.2) is 6.79 Å². The lowest BCUT2D eigenvalue weighted by molar-refractivity contribution is 0.0501. The summed E-state index contributed by atoms with van der Waals surface area (Å²) in [6.45, 7) is 16.2. The van der Waals surface area contributed by atoms with Crippen LogP contribution in [0.4, 0.5) is 5.69 Å². The molecule has 2 aromatic rings. The third kappa shape index (κ3) is 5.27. The maximum Gasteiger partial charge on any atom is 0.188 e. The highest BCUT2D eigenvalue weighted by Gasteiger charge is 2.28. The summed E-state index contributed by atoms with van der Waals surface area (Å²) < 4.78 is 11.0. The number of hydrogen-bond acceptors (Lipinski definition) is 3. The first-order chi connectivity index (χ1) is 13.2. The van der Waals surface area contributed by atoms with Crippen LogP contribution < -0.4 is 14.9 Å². The fraction of sp³-hybridized carbons (Fsp3) is 0.500. The lowest BCUT2D eigenvalue weighted by atomic mass is 10.0. The van der Waals surface area contributed by atoms with Crippen molar-refractivity contribution < 1.29 is 9.47 Å².